The van der Waals surface area contributed by atoms with Gasteiger partial charge in [0.15, 0.2) is 5.69 Å². The number of para-hydroxylation sites is 1. The van der Waals surface area contributed by atoms with E-state index in [2.05, 4.69) is 27.3 Å². The predicted octanol–water partition coefficient (Wildman–Crippen LogP) is 1.48. The van der Waals surface area contributed by atoms with E-state index in [0.717, 1.165) is 18.8 Å². The Balaban J connectivity index is 1.57. The number of hydrogen-bond acceptors (Lipinski definition) is 4. The first kappa shape index (κ1) is 14.7. The molecule has 0 spiro atoms. The first-order chi connectivity index (χ1) is 10.7. The molecule has 0 aliphatic carbocycles. The molecule has 0 radical (unpaired) electrons. The molecule has 0 bridgehead atoms. The number of rotatable bonds is 5. The Hall–Kier alpha value is -2.21. The molecule has 3 rings (SSSR count). The number of likely N-dealkylation sites (tertiary alicyclic amines) is 1. The van der Waals surface area contributed by atoms with Gasteiger partial charge in [-0.3, -0.25) is 9.69 Å². The van der Waals surface area contributed by atoms with Crippen LogP contribution in [0.2, 0.25) is 0 Å². The molecule has 22 heavy (non-hydrogen) atoms. The number of hydrogen-bond donors (Lipinski definition) is 1. The number of nitrogens with one attached hydrogen (secondary N) is 1. The molecule has 1 saturated heterocycles. The molecule has 2 heterocycles. The van der Waals surface area contributed by atoms with Gasteiger partial charge >= 0.3 is 0 Å². The van der Waals surface area contributed by atoms with Gasteiger partial charge in [-0.15, -0.1) is 5.10 Å². The molecular formula is C16H21N5O. The third-order valence-corrected chi connectivity index (χ3v) is 4.03. The third-order valence-electron chi connectivity index (χ3n) is 4.03. The standard InChI is InChI=1S/C16H21N5O/c1-13(20-9-5-6-10-20)11-17-16(22)15-12-18-21(19-15)14-7-3-2-4-8-14/h2-4,7-8,12-13H,5-6,9-11H2,1H3,(H,17,22)/t13-/m1/s1. The smallest absolute Gasteiger partial charge is 0.273 e. The van der Waals surface area contributed by atoms with E-state index in [0.29, 0.717) is 18.3 Å². The van der Waals surface area contributed by atoms with E-state index in [1.807, 2.05) is 30.3 Å². The van der Waals surface area contributed by atoms with E-state index in [9.17, 15) is 4.79 Å². The average molecular weight is 299 g/mol. The van der Waals surface area contributed by atoms with Crippen molar-refractivity contribution in [2.75, 3.05) is 19.6 Å². The molecule has 0 saturated carbocycles. The summed E-state index contributed by atoms with van der Waals surface area (Å²) >= 11 is 0. The topological polar surface area (TPSA) is 63.1 Å². The summed E-state index contributed by atoms with van der Waals surface area (Å²) in [5, 5.41) is 11.3. The van der Waals surface area contributed by atoms with E-state index in [1.165, 1.54) is 23.8 Å². The van der Waals surface area contributed by atoms with Crippen molar-refractivity contribution in [3.05, 3.63) is 42.2 Å². The number of carbonyl (C=O) groups excluding carboxylic acids is 1. The monoisotopic (exact) mass is 299 g/mol. The largest absolute Gasteiger partial charge is 0.349 e. The summed E-state index contributed by atoms with van der Waals surface area (Å²) in [6, 6.07) is 9.91. The average Bonchev–Trinajstić information content (AvgIpc) is 3.24. The van der Waals surface area contributed by atoms with Crippen LogP contribution >= 0.6 is 0 Å². The maximum atomic E-state index is 12.2. The van der Waals surface area contributed by atoms with Gasteiger partial charge in [-0.25, -0.2) is 0 Å². The first-order valence-corrected chi connectivity index (χ1v) is 7.74. The minimum Gasteiger partial charge on any atom is -0.349 e. The summed E-state index contributed by atoms with van der Waals surface area (Å²) in [4.78, 5) is 16.0. The van der Waals surface area contributed by atoms with Crippen LogP contribution < -0.4 is 5.32 Å². The third kappa shape index (κ3) is 3.33. The van der Waals surface area contributed by atoms with Gasteiger partial charge in [-0.1, -0.05) is 18.2 Å². The molecule has 1 aromatic carbocycles. The molecule has 1 fully saturated rings. The van der Waals surface area contributed by atoms with Crippen LogP contribution in [-0.4, -0.2) is 51.5 Å². The highest BCUT2D eigenvalue weighted by Gasteiger charge is 2.19. The van der Waals surface area contributed by atoms with Gasteiger partial charge in [-0.05, 0) is 45.0 Å². The summed E-state index contributed by atoms with van der Waals surface area (Å²) in [6.07, 6.45) is 4.01. The fourth-order valence-electron chi connectivity index (χ4n) is 2.70. The van der Waals surface area contributed by atoms with Gasteiger partial charge in [-0.2, -0.15) is 9.90 Å². The van der Waals surface area contributed by atoms with E-state index in [-0.39, 0.29) is 5.91 Å². The number of benzene rings is 1. The quantitative estimate of drug-likeness (QED) is 0.908. The number of amides is 1. The molecule has 116 valence electrons. The Morgan fingerprint density at radius 2 is 2.00 bits per heavy atom. The Morgan fingerprint density at radius 1 is 1.27 bits per heavy atom. The Bertz CT molecular complexity index is 618. The van der Waals surface area contributed by atoms with Crippen LogP contribution in [0.25, 0.3) is 5.69 Å². The summed E-state index contributed by atoms with van der Waals surface area (Å²) in [7, 11) is 0. The molecular weight excluding hydrogens is 278 g/mol. The van der Waals surface area contributed by atoms with Crippen molar-refractivity contribution >= 4 is 5.91 Å². The zero-order valence-electron chi connectivity index (χ0n) is 12.8. The summed E-state index contributed by atoms with van der Waals surface area (Å²) < 4.78 is 0. The molecule has 1 aliphatic rings. The van der Waals surface area contributed by atoms with Gasteiger partial charge in [0.2, 0.25) is 0 Å². The van der Waals surface area contributed by atoms with E-state index < -0.39 is 0 Å². The van der Waals surface area contributed by atoms with Gasteiger partial charge < -0.3 is 5.32 Å². The normalized spacial score (nSPS) is 16.6. The Labute approximate surface area is 130 Å². The maximum absolute atomic E-state index is 12.2. The number of nitrogens with zero attached hydrogens (tertiary/aromatic N) is 4. The van der Waals surface area contributed by atoms with Crippen molar-refractivity contribution < 1.29 is 4.79 Å². The lowest BCUT2D eigenvalue weighted by atomic mass is 10.3. The van der Waals surface area contributed by atoms with Gasteiger partial charge in [0.1, 0.15) is 0 Å². The maximum Gasteiger partial charge on any atom is 0.273 e. The van der Waals surface area contributed by atoms with Crippen molar-refractivity contribution in [3.8, 4) is 5.69 Å². The van der Waals surface area contributed by atoms with Crippen LogP contribution in [0.5, 0.6) is 0 Å². The Kier molecular flexibility index (Phi) is 4.48. The van der Waals surface area contributed by atoms with Crippen molar-refractivity contribution in [3.63, 3.8) is 0 Å². The van der Waals surface area contributed by atoms with E-state index in [1.54, 1.807) is 0 Å². The SMILES string of the molecule is C[C@H](CNC(=O)c1cnn(-c2ccccc2)n1)N1CCCC1. The fraction of sp³-hybridized carbons (Fsp3) is 0.438. The molecule has 6 heteroatoms. The van der Waals surface area contributed by atoms with Crippen LogP contribution in [0.1, 0.15) is 30.3 Å². The summed E-state index contributed by atoms with van der Waals surface area (Å²) in [6.45, 7) is 5.03. The minimum absolute atomic E-state index is 0.173. The number of carbonyl (C=O) groups is 1. The molecule has 1 aromatic heterocycles. The minimum atomic E-state index is -0.173. The highest BCUT2D eigenvalue weighted by molar-refractivity contribution is 5.91. The van der Waals surface area contributed by atoms with Gasteiger partial charge in [0.05, 0.1) is 11.9 Å². The summed E-state index contributed by atoms with van der Waals surface area (Å²) in [5.74, 6) is -0.173. The molecule has 2 aromatic rings. The molecule has 1 atom stereocenters. The van der Waals surface area contributed by atoms with Crippen LogP contribution in [0.3, 0.4) is 0 Å². The van der Waals surface area contributed by atoms with Crippen molar-refractivity contribution in [2.45, 2.75) is 25.8 Å². The van der Waals surface area contributed by atoms with Crippen molar-refractivity contribution in [1.29, 1.82) is 0 Å². The number of aromatic nitrogens is 3. The molecule has 1 amide bonds. The Morgan fingerprint density at radius 3 is 2.73 bits per heavy atom. The molecule has 0 unspecified atom stereocenters. The predicted molar refractivity (Wildman–Crippen MR) is 84.0 cm³/mol. The van der Waals surface area contributed by atoms with Gasteiger partial charge in [0, 0.05) is 12.6 Å². The van der Waals surface area contributed by atoms with Crippen LogP contribution in [0.15, 0.2) is 36.5 Å². The van der Waals surface area contributed by atoms with E-state index >= 15 is 0 Å². The lowest BCUT2D eigenvalue weighted by Gasteiger charge is -2.23. The molecule has 1 aliphatic heterocycles. The van der Waals surface area contributed by atoms with Crippen LogP contribution in [0.4, 0.5) is 0 Å². The second-order valence-electron chi connectivity index (χ2n) is 5.66. The molecule has 6 nitrogen and oxygen atoms in total. The highest BCUT2D eigenvalue weighted by Crippen LogP contribution is 2.11. The van der Waals surface area contributed by atoms with Crippen LogP contribution in [-0.2, 0) is 0 Å². The first-order valence-electron chi connectivity index (χ1n) is 7.74. The van der Waals surface area contributed by atoms with E-state index in [4.69, 9.17) is 0 Å². The fourth-order valence-corrected chi connectivity index (χ4v) is 2.70. The molecule has 1 N–H and O–H groups in total. The zero-order chi connectivity index (χ0) is 15.4. The van der Waals surface area contributed by atoms with Crippen molar-refractivity contribution in [1.82, 2.24) is 25.2 Å². The van der Waals surface area contributed by atoms with Crippen LogP contribution in [0, 0.1) is 0 Å². The highest BCUT2D eigenvalue weighted by atomic mass is 16.2. The lowest BCUT2D eigenvalue weighted by Crippen LogP contribution is -2.40. The van der Waals surface area contributed by atoms with Gasteiger partial charge in [0.25, 0.3) is 5.91 Å². The second kappa shape index (κ2) is 6.70. The zero-order valence-corrected chi connectivity index (χ0v) is 12.8. The lowest BCUT2D eigenvalue weighted by molar-refractivity contribution is 0.0935. The summed E-state index contributed by atoms with van der Waals surface area (Å²) in [5.41, 5.74) is 1.18. The van der Waals surface area contributed by atoms with Crippen molar-refractivity contribution in [2.24, 2.45) is 0 Å². The second-order valence-corrected chi connectivity index (χ2v) is 5.66.